The molecule has 0 aromatic heterocycles. The maximum atomic E-state index is 12.6. The molecule has 6 nitrogen and oxygen atoms in total. The molecule has 0 fully saturated rings. The van der Waals surface area contributed by atoms with Gasteiger partial charge in [0.15, 0.2) is 6.10 Å². The summed E-state index contributed by atoms with van der Waals surface area (Å²) in [5.41, 5.74) is 0. The zero-order valence-electron chi connectivity index (χ0n) is 33.9. The molecule has 0 amide bonds. The topological polar surface area (TPSA) is 78.9 Å². The SMILES string of the molecule is CCCCCCCCCCCCCC(=O)OC[C@@H](COC(=O)CCCCCCCCCCC(C)CC)OC(=O)CCCCCCCCCCC. The first kappa shape index (κ1) is 48.4. The van der Waals surface area contributed by atoms with E-state index in [2.05, 4.69) is 27.7 Å². The fourth-order valence-electron chi connectivity index (χ4n) is 6.42. The van der Waals surface area contributed by atoms with Gasteiger partial charge in [0.05, 0.1) is 0 Å². The molecule has 1 unspecified atom stereocenters. The lowest BCUT2D eigenvalue weighted by Crippen LogP contribution is -2.30. The minimum Gasteiger partial charge on any atom is -0.462 e. The summed E-state index contributed by atoms with van der Waals surface area (Å²) >= 11 is 0. The van der Waals surface area contributed by atoms with Crippen LogP contribution in [0.5, 0.6) is 0 Å². The Morgan fingerprint density at radius 3 is 1.04 bits per heavy atom. The molecule has 0 rings (SSSR count). The number of rotatable bonds is 39. The van der Waals surface area contributed by atoms with Crippen molar-refractivity contribution in [3.05, 3.63) is 0 Å². The number of hydrogen-bond donors (Lipinski definition) is 0. The Kier molecular flexibility index (Phi) is 37.4. The van der Waals surface area contributed by atoms with E-state index in [4.69, 9.17) is 14.2 Å². The van der Waals surface area contributed by atoms with E-state index >= 15 is 0 Å². The van der Waals surface area contributed by atoms with Gasteiger partial charge in [-0.3, -0.25) is 14.4 Å². The molecule has 0 N–H and O–H groups in total. The molecule has 50 heavy (non-hydrogen) atoms. The minimum absolute atomic E-state index is 0.0645. The van der Waals surface area contributed by atoms with Crippen LogP contribution in [0, 0.1) is 5.92 Å². The molecule has 6 heteroatoms. The van der Waals surface area contributed by atoms with Crippen LogP contribution in [0.1, 0.15) is 240 Å². The van der Waals surface area contributed by atoms with E-state index in [1.807, 2.05) is 0 Å². The molecule has 0 aliphatic carbocycles. The second kappa shape index (κ2) is 38.6. The van der Waals surface area contributed by atoms with Crippen molar-refractivity contribution in [1.82, 2.24) is 0 Å². The van der Waals surface area contributed by atoms with Crippen molar-refractivity contribution in [2.24, 2.45) is 5.92 Å². The summed E-state index contributed by atoms with van der Waals surface area (Å²) in [5.74, 6) is -0.0129. The fraction of sp³-hybridized carbons (Fsp3) is 0.932. The number of esters is 3. The van der Waals surface area contributed by atoms with Gasteiger partial charge in [0, 0.05) is 19.3 Å². The highest BCUT2D eigenvalue weighted by molar-refractivity contribution is 5.71. The molecule has 0 saturated heterocycles. The van der Waals surface area contributed by atoms with Gasteiger partial charge in [-0.2, -0.15) is 0 Å². The van der Waals surface area contributed by atoms with Gasteiger partial charge in [0.2, 0.25) is 0 Å². The number of hydrogen-bond acceptors (Lipinski definition) is 6. The summed E-state index contributed by atoms with van der Waals surface area (Å²) in [5, 5.41) is 0. The molecular formula is C44H84O6. The molecule has 0 aliphatic heterocycles. The Hall–Kier alpha value is -1.59. The van der Waals surface area contributed by atoms with Crippen LogP contribution in [0.15, 0.2) is 0 Å². The molecule has 0 aliphatic rings. The van der Waals surface area contributed by atoms with Crippen LogP contribution < -0.4 is 0 Å². The lowest BCUT2D eigenvalue weighted by molar-refractivity contribution is -0.167. The third-order valence-corrected chi connectivity index (χ3v) is 10.2. The summed E-state index contributed by atoms with van der Waals surface area (Å²) in [7, 11) is 0. The largest absolute Gasteiger partial charge is 0.462 e. The van der Waals surface area contributed by atoms with E-state index in [0.717, 1.165) is 63.7 Å². The summed E-state index contributed by atoms with van der Waals surface area (Å²) in [6.07, 6.45) is 36.5. The van der Waals surface area contributed by atoms with Crippen LogP contribution in [0.25, 0.3) is 0 Å². The zero-order valence-corrected chi connectivity index (χ0v) is 33.9. The van der Waals surface area contributed by atoms with E-state index in [0.29, 0.717) is 19.3 Å². The molecule has 0 saturated carbocycles. The van der Waals surface area contributed by atoms with E-state index < -0.39 is 6.10 Å². The number of ether oxygens (including phenoxy) is 3. The van der Waals surface area contributed by atoms with Crippen molar-refractivity contribution in [3.8, 4) is 0 Å². The summed E-state index contributed by atoms with van der Waals surface area (Å²) in [6, 6.07) is 0. The van der Waals surface area contributed by atoms with Crippen LogP contribution in [0.3, 0.4) is 0 Å². The number of unbranched alkanes of at least 4 members (excludes halogenated alkanes) is 25. The van der Waals surface area contributed by atoms with E-state index in [9.17, 15) is 14.4 Å². The highest BCUT2D eigenvalue weighted by atomic mass is 16.6. The van der Waals surface area contributed by atoms with Crippen LogP contribution in [0.2, 0.25) is 0 Å². The fourth-order valence-corrected chi connectivity index (χ4v) is 6.42. The van der Waals surface area contributed by atoms with Crippen molar-refractivity contribution < 1.29 is 28.6 Å². The van der Waals surface area contributed by atoms with Crippen LogP contribution in [-0.4, -0.2) is 37.2 Å². The highest BCUT2D eigenvalue weighted by Gasteiger charge is 2.19. The van der Waals surface area contributed by atoms with Crippen molar-refractivity contribution in [2.75, 3.05) is 13.2 Å². The molecule has 0 heterocycles. The Bertz CT molecular complexity index is 753. The first-order chi connectivity index (χ1) is 24.4. The number of carbonyl (C=O) groups excluding carboxylic acids is 3. The van der Waals surface area contributed by atoms with Gasteiger partial charge in [-0.05, 0) is 25.2 Å². The third kappa shape index (κ3) is 36.2. The number of carbonyl (C=O) groups is 3. The van der Waals surface area contributed by atoms with E-state index in [1.54, 1.807) is 0 Å². The summed E-state index contributed by atoms with van der Waals surface area (Å²) in [6.45, 7) is 8.97. The van der Waals surface area contributed by atoms with Gasteiger partial charge in [-0.25, -0.2) is 0 Å². The Labute approximate surface area is 310 Å². The van der Waals surface area contributed by atoms with Gasteiger partial charge in [0.1, 0.15) is 13.2 Å². The normalized spacial score (nSPS) is 12.5. The van der Waals surface area contributed by atoms with Crippen LogP contribution >= 0.6 is 0 Å². The smallest absolute Gasteiger partial charge is 0.306 e. The lowest BCUT2D eigenvalue weighted by atomic mass is 9.99. The van der Waals surface area contributed by atoms with Gasteiger partial charge in [-0.1, -0.05) is 201 Å². The van der Waals surface area contributed by atoms with Gasteiger partial charge in [-0.15, -0.1) is 0 Å². The van der Waals surface area contributed by atoms with Gasteiger partial charge < -0.3 is 14.2 Å². The summed E-state index contributed by atoms with van der Waals surface area (Å²) in [4.78, 5) is 37.6. The molecular weight excluding hydrogens is 624 g/mol. The Balaban J connectivity index is 4.33. The van der Waals surface area contributed by atoms with E-state index in [-0.39, 0.29) is 31.1 Å². The molecule has 0 bridgehead atoms. The highest BCUT2D eigenvalue weighted by Crippen LogP contribution is 2.16. The first-order valence-electron chi connectivity index (χ1n) is 21.9. The molecule has 0 aromatic rings. The maximum absolute atomic E-state index is 12.6. The van der Waals surface area contributed by atoms with Crippen molar-refractivity contribution in [3.63, 3.8) is 0 Å². The molecule has 0 spiro atoms. The monoisotopic (exact) mass is 709 g/mol. The quantitative estimate of drug-likeness (QED) is 0.0359. The van der Waals surface area contributed by atoms with Crippen molar-refractivity contribution in [2.45, 2.75) is 246 Å². The summed E-state index contributed by atoms with van der Waals surface area (Å²) < 4.78 is 16.7. The first-order valence-corrected chi connectivity index (χ1v) is 21.9. The Morgan fingerprint density at radius 2 is 0.700 bits per heavy atom. The standard InChI is InChI=1S/C44H84O6/c1-5-8-10-12-14-16-17-19-23-27-31-35-42(45)48-38-41(50-44(47)37-33-29-25-18-15-13-11-9-6-2)39-49-43(46)36-32-28-24-21-20-22-26-30-34-40(4)7-3/h40-41H,5-39H2,1-4H3/t40?,41-/m0/s1. The average Bonchev–Trinajstić information content (AvgIpc) is 3.11. The lowest BCUT2D eigenvalue weighted by Gasteiger charge is -2.18. The van der Waals surface area contributed by atoms with E-state index in [1.165, 1.54) is 135 Å². The van der Waals surface area contributed by atoms with Gasteiger partial charge in [0.25, 0.3) is 0 Å². The average molecular weight is 709 g/mol. The van der Waals surface area contributed by atoms with Gasteiger partial charge >= 0.3 is 17.9 Å². The molecule has 296 valence electrons. The van der Waals surface area contributed by atoms with Crippen molar-refractivity contribution in [1.29, 1.82) is 0 Å². The third-order valence-electron chi connectivity index (χ3n) is 10.2. The second-order valence-electron chi connectivity index (χ2n) is 15.2. The van der Waals surface area contributed by atoms with Crippen molar-refractivity contribution >= 4 is 17.9 Å². The predicted octanol–water partition coefficient (Wildman–Crippen LogP) is 13.6. The second-order valence-corrected chi connectivity index (χ2v) is 15.2. The maximum Gasteiger partial charge on any atom is 0.306 e. The van der Waals surface area contributed by atoms with Crippen LogP contribution in [-0.2, 0) is 28.6 Å². The Morgan fingerprint density at radius 1 is 0.400 bits per heavy atom. The zero-order chi connectivity index (χ0) is 36.8. The molecule has 2 atom stereocenters. The van der Waals surface area contributed by atoms with Crippen LogP contribution in [0.4, 0.5) is 0 Å². The predicted molar refractivity (Wildman–Crippen MR) is 210 cm³/mol. The molecule has 0 radical (unpaired) electrons. The molecule has 0 aromatic carbocycles. The minimum atomic E-state index is -0.758.